The average molecular weight is 225 g/mol. The Morgan fingerprint density at radius 3 is 2.62 bits per heavy atom. The van der Waals surface area contributed by atoms with E-state index in [4.69, 9.17) is 10.2 Å². The molecule has 0 saturated heterocycles. The second-order valence-electron chi connectivity index (χ2n) is 2.33. The fraction of sp³-hybridized carbons (Fsp3) is 0.667. The molecule has 2 atom stereocenters. The van der Waals surface area contributed by atoms with Gasteiger partial charge in [0.05, 0.1) is 9.47 Å². The van der Waals surface area contributed by atoms with E-state index in [0.717, 1.165) is 0 Å². The van der Waals surface area contributed by atoms with Crippen molar-refractivity contribution in [3.8, 4) is 0 Å². The highest BCUT2D eigenvalue weighted by Crippen LogP contribution is 2.06. The van der Waals surface area contributed by atoms with Crippen molar-refractivity contribution >= 4 is 30.1 Å². The van der Waals surface area contributed by atoms with Crippen LogP contribution < -0.4 is 5.09 Å². The van der Waals surface area contributed by atoms with Gasteiger partial charge in [-0.05, 0) is 21.2 Å². The van der Waals surface area contributed by atoms with Crippen LogP contribution in [0.3, 0.4) is 0 Å². The third kappa shape index (κ3) is 6.08. The second kappa shape index (κ2) is 7.36. The molecule has 0 aliphatic heterocycles. The molecule has 0 aromatic heterocycles. The van der Waals surface area contributed by atoms with E-state index in [2.05, 4.69) is 15.9 Å². The summed E-state index contributed by atoms with van der Waals surface area (Å²) in [7, 11) is 2.45. The standard InChI is InChI=1S/C6H13NO4P2/c1-13-7-4(6(10)11-12)2-3-5(8)9/h4-5,7-9H,1-3,12H2. The van der Waals surface area contributed by atoms with Crippen molar-refractivity contribution < 1.29 is 19.5 Å². The number of rotatable bonds is 6. The Morgan fingerprint density at radius 2 is 2.23 bits per heavy atom. The normalized spacial score (nSPS) is 13.2. The smallest absolute Gasteiger partial charge is 0.325 e. The van der Waals surface area contributed by atoms with Crippen LogP contribution in [0.25, 0.3) is 0 Å². The van der Waals surface area contributed by atoms with Crippen LogP contribution in [-0.2, 0) is 9.32 Å². The van der Waals surface area contributed by atoms with Crippen LogP contribution in [0.1, 0.15) is 12.8 Å². The van der Waals surface area contributed by atoms with E-state index in [1.54, 1.807) is 0 Å². The monoisotopic (exact) mass is 225 g/mol. The minimum absolute atomic E-state index is 0.118. The number of carbonyl (C=O) groups excluding carboxylic acids is 1. The number of nitrogens with one attached hydrogen (secondary N) is 1. The van der Waals surface area contributed by atoms with E-state index in [0.29, 0.717) is 14.8 Å². The van der Waals surface area contributed by atoms with E-state index in [1.807, 2.05) is 9.47 Å². The maximum Gasteiger partial charge on any atom is 0.325 e. The molecule has 0 amide bonds. The van der Waals surface area contributed by atoms with Gasteiger partial charge in [-0.1, -0.05) is 6.30 Å². The summed E-state index contributed by atoms with van der Waals surface area (Å²) in [5.74, 6) is -0.457. The van der Waals surface area contributed by atoms with E-state index in [9.17, 15) is 4.79 Å². The summed E-state index contributed by atoms with van der Waals surface area (Å²) in [5.41, 5.74) is 0. The lowest BCUT2D eigenvalue weighted by Gasteiger charge is -2.13. The van der Waals surface area contributed by atoms with Gasteiger partial charge < -0.3 is 14.7 Å². The van der Waals surface area contributed by atoms with Gasteiger partial charge in [-0.2, -0.15) is 0 Å². The number of aliphatic hydroxyl groups is 2. The first kappa shape index (κ1) is 12.9. The molecule has 0 bridgehead atoms. The molecule has 0 aromatic rings. The van der Waals surface area contributed by atoms with Crippen molar-refractivity contribution in [3.05, 3.63) is 0 Å². The summed E-state index contributed by atoms with van der Waals surface area (Å²) < 4.78 is 4.42. The number of aliphatic hydroxyl groups excluding tert-OH is 1. The van der Waals surface area contributed by atoms with Crippen molar-refractivity contribution in [1.82, 2.24) is 5.09 Å². The van der Waals surface area contributed by atoms with E-state index in [1.165, 1.54) is 0 Å². The minimum atomic E-state index is -1.40. The van der Waals surface area contributed by atoms with Gasteiger partial charge in [0.15, 0.2) is 6.29 Å². The number of hydrogen-bond donors (Lipinski definition) is 3. The zero-order valence-electron chi connectivity index (χ0n) is 7.01. The molecule has 7 heteroatoms. The molecule has 5 nitrogen and oxygen atoms in total. The predicted octanol–water partition coefficient (Wildman–Crippen LogP) is -0.338. The Morgan fingerprint density at radius 1 is 1.62 bits per heavy atom. The van der Waals surface area contributed by atoms with Crippen LogP contribution in [0.4, 0.5) is 0 Å². The lowest BCUT2D eigenvalue weighted by molar-refractivity contribution is -0.135. The summed E-state index contributed by atoms with van der Waals surface area (Å²) in [5, 5.41) is 19.9. The van der Waals surface area contributed by atoms with Crippen molar-refractivity contribution in [2.75, 3.05) is 0 Å². The van der Waals surface area contributed by atoms with Gasteiger partial charge in [0.1, 0.15) is 6.04 Å². The summed E-state index contributed by atoms with van der Waals surface area (Å²) in [4.78, 5) is 11.0. The van der Waals surface area contributed by atoms with Crippen LogP contribution in [0.15, 0.2) is 0 Å². The molecule has 0 heterocycles. The Kier molecular flexibility index (Phi) is 7.33. The van der Waals surface area contributed by atoms with Crippen LogP contribution in [0, 0.1) is 0 Å². The molecule has 0 saturated carbocycles. The Hall–Kier alpha value is -0.0500. The van der Waals surface area contributed by atoms with Crippen molar-refractivity contribution in [3.63, 3.8) is 0 Å². The summed E-state index contributed by atoms with van der Waals surface area (Å²) in [6, 6.07) is -0.543. The zero-order chi connectivity index (χ0) is 10.3. The Labute approximate surface area is 80.6 Å². The quantitative estimate of drug-likeness (QED) is 0.426. The van der Waals surface area contributed by atoms with Gasteiger partial charge in [0.2, 0.25) is 0 Å². The second-order valence-corrected chi connectivity index (χ2v) is 3.14. The Bertz CT molecular complexity index is 176. The largest absolute Gasteiger partial charge is 0.450 e. The van der Waals surface area contributed by atoms with Crippen molar-refractivity contribution in [1.29, 1.82) is 0 Å². The van der Waals surface area contributed by atoms with Crippen LogP contribution >= 0.6 is 17.8 Å². The average Bonchev–Trinajstić information content (AvgIpc) is 2.10. The fourth-order valence-electron chi connectivity index (χ4n) is 0.743. The van der Waals surface area contributed by atoms with Crippen LogP contribution in [-0.4, -0.2) is 34.8 Å². The minimum Gasteiger partial charge on any atom is -0.450 e. The van der Waals surface area contributed by atoms with E-state index in [-0.39, 0.29) is 6.42 Å². The van der Waals surface area contributed by atoms with E-state index >= 15 is 0 Å². The molecule has 0 aliphatic rings. The molecule has 76 valence electrons. The Balaban J connectivity index is 3.93. The SMILES string of the molecule is C=PNC(CCC(O)O)C(=O)OP. The molecule has 0 radical (unpaired) electrons. The van der Waals surface area contributed by atoms with Crippen LogP contribution in [0.2, 0.25) is 0 Å². The van der Waals surface area contributed by atoms with Crippen molar-refractivity contribution in [2.45, 2.75) is 25.2 Å². The lowest BCUT2D eigenvalue weighted by atomic mass is 10.2. The summed E-state index contributed by atoms with van der Waals surface area (Å²) in [6.07, 6.45) is 2.51. The van der Waals surface area contributed by atoms with Gasteiger partial charge in [0.25, 0.3) is 0 Å². The maximum absolute atomic E-state index is 11.0. The van der Waals surface area contributed by atoms with Gasteiger partial charge in [-0.3, -0.25) is 9.88 Å². The van der Waals surface area contributed by atoms with Crippen LogP contribution in [0.5, 0.6) is 0 Å². The zero-order valence-corrected chi connectivity index (χ0v) is 9.06. The first-order valence-corrected chi connectivity index (χ1v) is 5.15. The van der Waals surface area contributed by atoms with Crippen molar-refractivity contribution in [2.24, 2.45) is 0 Å². The molecule has 0 spiro atoms. The lowest BCUT2D eigenvalue weighted by Crippen LogP contribution is -2.32. The molecule has 0 fully saturated rings. The maximum atomic E-state index is 11.0. The van der Waals surface area contributed by atoms with Gasteiger partial charge in [-0.25, -0.2) is 0 Å². The van der Waals surface area contributed by atoms with Gasteiger partial charge >= 0.3 is 5.97 Å². The third-order valence-electron chi connectivity index (χ3n) is 1.36. The highest BCUT2D eigenvalue weighted by atomic mass is 31.1. The first-order valence-electron chi connectivity index (χ1n) is 3.59. The molecule has 0 aliphatic carbocycles. The molecular formula is C6H13NO4P2. The fourth-order valence-corrected chi connectivity index (χ4v) is 1.36. The van der Waals surface area contributed by atoms with Gasteiger partial charge in [-0.15, -0.1) is 0 Å². The predicted molar refractivity (Wildman–Crippen MR) is 54.2 cm³/mol. The molecule has 0 aromatic carbocycles. The summed E-state index contributed by atoms with van der Waals surface area (Å²) in [6.45, 7) is 0. The third-order valence-corrected chi connectivity index (χ3v) is 2.09. The molecule has 13 heavy (non-hydrogen) atoms. The molecule has 3 N–H and O–H groups in total. The number of carbonyl (C=O) groups is 1. The highest BCUT2D eigenvalue weighted by molar-refractivity contribution is 7.34. The molecular weight excluding hydrogens is 212 g/mol. The van der Waals surface area contributed by atoms with Gasteiger partial charge in [0, 0.05) is 0 Å². The first-order chi connectivity index (χ1) is 6.11. The highest BCUT2D eigenvalue weighted by Gasteiger charge is 2.18. The van der Waals surface area contributed by atoms with E-state index < -0.39 is 18.3 Å². The summed E-state index contributed by atoms with van der Waals surface area (Å²) >= 11 is 0. The topological polar surface area (TPSA) is 78.8 Å². The molecule has 0 rings (SSSR count). The number of hydrogen-bond acceptors (Lipinski definition) is 5. The molecule has 2 unspecified atom stereocenters.